The van der Waals surface area contributed by atoms with Crippen LogP contribution in [0.3, 0.4) is 0 Å². The molecule has 0 saturated carbocycles. The number of aryl methyl sites for hydroxylation is 2. The van der Waals surface area contributed by atoms with E-state index in [4.69, 9.17) is 5.26 Å². The molecule has 0 spiro atoms. The zero-order valence-electron chi connectivity index (χ0n) is 11.2. The molecule has 0 radical (unpaired) electrons. The molecule has 0 atom stereocenters. The average molecular weight is 306 g/mol. The van der Waals surface area contributed by atoms with Gasteiger partial charge in [0, 0.05) is 11.4 Å². The van der Waals surface area contributed by atoms with Gasteiger partial charge in [0.25, 0.3) is 0 Å². The number of sulfonamides is 1. The standard InChI is InChI=1S/C14H14N2O2S2/c1-10-5-6-19-14(10)9-16-20(17,18)13-4-3-12(8-15)11(2)7-13/h3-7,16H,9H2,1-2H3. The second-order valence-corrected chi connectivity index (χ2v) is 7.21. The summed E-state index contributed by atoms with van der Waals surface area (Å²) in [5, 5.41) is 10.8. The highest BCUT2D eigenvalue weighted by molar-refractivity contribution is 7.89. The summed E-state index contributed by atoms with van der Waals surface area (Å²) in [5.74, 6) is 0. The molecule has 0 aliphatic rings. The molecule has 1 aromatic carbocycles. The number of nitrogens with one attached hydrogen (secondary N) is 1. The summed E-state index contributed by atoms with van der Waals surface area (Å²) < 4.78 is 27.0. The zero-order chi connectivity index (χ0) is 14.8. The number of benzene rings is 1. The molecule has 6 heteroatoms. The van der Waals surface area contributed by atoms with E-state index in [0.717, 1.165) is 10.4 Å². The van der Waals surface area contributed by atoms with Crippen LogP contribution < -0.4 is 4.72 Å². The van der Waals surface area contributed by atoms with Crippen molar-refractivity contribution in [2.45, 2.75) is 25.3 Å². The summed E-state index contributed by atoms with van der Waals surface area (Å²) in [5.41, 5.74) is 2.22. The Labute approximate surface area is 122 Å². The lowest BCUT2D eigenvalue weighted by molar-refractivity contribution is 0.581. The monoisotopic (exact) mass is 306 g/mol. The van der Waals surface area contributed by atoms with Crippen LogP contribution in [0.1, 0.15) is 21.6 Å². The Balaban J connectivity index is 2.21. The molecule has 0 aliphatic heterocycles. The third-order valence-corrected chi connectivity index (χ3v) is 5.44. The molecular formula is C14H14N2O2S2. The van der Waals surface area contributed by atoms with Gasteiger partial charge in [0.1, 0.15) is 0 Å². The van der Waals surface area contributed by atoms with Crippen molar-refractivity contribution in [3.05, 3.63) is 51.2 Å². The van der Waals surface area contributed by atoms with Crippen LogP contribution in [0.15, 0.2) is 34.5 Å². The minimum Gasteiger partial charge on any atom is -0.207 e. The van der Waals surface area contributed by atoms with Crippen molar-refractivity contribution in [3.63, 3.8) is 0 Å². The van der Waals surface area contributed by atoms with Crippen LogP contribution >= 0.6 is 11.3 Å². The number of hydrogen-bond donors (Lipinski definition) is 1. The summed E-state index contributed by atoms with van der Waals surface area (Å²) in [6, 6.07) is 8.48. The Morgan fingerprint density at radius 1 is 1.25 bits per heavy atom. The molecule has 1 aromatic heterocycles. The van der Waals surface area contributed by atoms with E-state index in [2.05, 4.69) is 4.72 Å². The van der Waals surface area contributed by atoms with Gasteiger partial charge in [-0.25, -0.2) is 13.1 Å². The highest BCUT2D eigenvalue weighted by Gasteiger charge is 2.15. The van der Waals surface area contributed by atoms with Crippen LogP contribution in [0.2, 0.25) is 0 Å². The summed E-state index contributed by atoms with van der Waals surface area (Å²) in [4.78, 5) is 1.18. The van der Waals surface area contributed by atoms with E-state index in [0.29, 0.717) is 11.1 Å². The SMILES string of the molecule is Cc1cc(S(=O)(=O)NCc2sccc2C)ccc1C#N. The number of nitriles is 1. The molecule has 4 nitrogen and oxygen atoms in total. The molecule has 0 aliphatic carbocycles. The van der Waals surface area contributed by atoms with Crippen molar-refractivity contribution < 1.29 is 8.42 Å². The number of nitrogens with zero attached hydrogens (tertiary/aromatic N) is 1. The molecule has 0 saturated heterocycles. The fourth-order valence-corrected chi connectivity index (χ4v) is 3.78. The summed E-state index contributed by atoms with van der Waals surface area (Å²) in [7, 11) is -3.55. The van der Waals surface area contributed by atoms with Crippen molar-refractivity contribution in [2.24, 2.45) is 0 Å². The largest absolute Gasteiger partial charge is 0.240 e. The van der Waals surface area contributed by atoms with Crippen LogP contribution in [0.5, 0.6) is 0 Å². The second kappa shape index (κ2) is 5.75. The van der Waals surface area contributed by atoms with Crippen molar-refractivity contribution >= 4 is 21.4 Å². The lowest BCUT2D eigenvalue weighted by Crippen LogP contribution is -2.23. The van der Waals surface area contributed by atoms with Crippen LogP contribution in [0, 0.1) is 25.2 Å². The first-order chi connectivity index (χ1) is 9.44. The maximum absolute atomic E-state index is 12.2. The van der Waals surface area contributed by atoms with Gasteiger partial charge in [0.15, 0.2) is 0 Å². The van der Waals surface area contributed by atoms with Gasteiger partial charge in [0.05, 0.1) is 16.5 Å². The minimum absolute atomic E-state index is 0.184. The number of rotatable bonds is 4. The van der Waals surface area contributed by atoms with Crippen molar-refractivity contribution in [1.82, 2.24) is 4.72 Å². The van der Waals surface area contributed by atoms with Gasteiger partial charge in [-0.1, -0.05) is 0 Å². The van der Waals surface area contributed by atoms with Gasteiger partial charge < -0.3 is 0 Å². The molecule has 1 heterocycles. The van der Waals surface area contributed by atoms with E-state index < -0.39 is 10.0 Å². The Hall–Kier alpha value is -1.68. The average Bonchev–Trinajstić information content (AvgIpc) is 2.82. The van der Waals surface area contributed by atoms with Gasteiger partial charge in [-0.2, -0.15) is 5.26 Å². The fourth-order valence-electron chi connectivity index (χ4n) is 1.76. The van der Waals surface area contributed by atoms with Crippen molar-refractivity contribution in [1.29, 1.82) is 5.26 Å². The summed E-state index contributed by atoms with van der Waals surface area (Å²) in [6.07, 6.45) is 0. The maximum Gasteiger partial charge on any atom is 0.240 e. The Bertz CT molecular complexity index is 771. The third kappa shape index (κ3) is 3.07. The maximum atomic E-state index is 12.2. The molecule has 2 aromatic rings. The number of thiophene rings is 1. The molecule has 1 N–H and O–H groups in total. The van der Waals surface area contributed by atoms with Gasteiger partial charge in [-0.05, 0) is 54.6 Å². The fraction of sp³-hybridized carbons (Fsp3) is 0.214. The zero-order valence-corrected chi connectivity index (χ0v) is 12.8. The predicted octanol–water partition coefficient (Wildman–Crippen LogP) is 2.72. The molecule has 0 bridgehead atoms. The normalized spacial score (nSPS) is 11.2. The first-order valence-electron chi connectivity index (χ1n) is 5.97. The quantitative estimate of drug-likeness (QED) is 0.944. The summed E-state index contributed by atoms with van der Waals surface area (Å²) in [6.45, 7) is 3.96. The van der Waals surface area contributed by atoms with Gasteiger partial charge in [-0.15, -0.1) is 11.3 Å². The third-order valence-electron chi connectivity index (χ3n) is 3.02. The highest BCUT2D eigenvalue weighted by atomic mass is 32.2. The molecule has 104 valence electrons. The topological polar surface area (TPSA) is 70.0 Å². The van der Waals surface area contributed by atoms with E-state index in [-0.39, 0.29) is 11.4 Å². The van der Waals surface area contributed by atoms with Crippen LogP contribution in [-0.4, -0.2) is 8.42 Å². The second-order valence-electron chi connectivity index (χ2n) is 4.44. The van der Waals surface area contributed by atoms with Gasteiger partial charge >= 0.3 is 0 Å². The highest BCUT2D eigenvalue weighted by Crippen LogP contribution is 2.18. The summed E-state index contributed by atoms with van der Waals surface area (Å²) >= 11 is 1.52. The molecule has 20 heavy (non-hydrogen) atoms. The van der Waals surface area contributed by atoms with E-state index in [9.17, 15) is 8.42 Å². The Morgan fingerprint density at radius 2 is 2.00 bits per heavy atom. The Morgan fingerprint density at radius 3 is 2.55 bits per heavy atom. The predicted molar refractivity (Wildman–Crippen MR) is 79.0 cm³/mol. The van der Waals surface area contributed by atoms with Crippen LogP contribution in [0.25, 0.3) is 0 Å². The lowest BCUT2D eigenvalue weighted by atomic mass is 10.1. The smallest absolute Gasteiger partial charge is 0.207 e. The molecule has 0 amide bonds. The number of hydrogen-bond acceptors (Lipinski definition) is 4. The molecule has 2 rings (SSSR count). The van der Waals surface area contributed by atoms with E-state index in [1.54, 1.807) is 6.92 Å². The van der Waals surface area contributed by atoms with Crippen molar-refractivity contribution in [2.75, 3.05) is 0 Å². The van der Waals surface area contributed by atoms with Crippen LogP contribution in [0.4, 0.5) is 0 Å². The Kier molecular flexibility index (Phi) is 4.23. The lowest BCUT2D eigenvalue weighted by Gasteiger charge is -2.08. The van der Waals surface area contributed by atoms with E-state index >= 15 is 0 Å². The van der Waals surface area contributed by atoms with E-state index in [1.807, 2.05) is 24.4 Å². The molecule has 0 fully saturated rings. The first-order valence-corrected chi connectivity index (χ1v) is 8.33. The van der Waals surface area contributed by atoms with Crippen LogP contribution in [-0.2, 0) is 16.6 Å². The molecular weight excluding hydrogens is 292 g/mol. The minimum atomic E-state index is -3.55. The van der Waals surface area contributed by atoms with Gasteiger partial charge in [0.2, 0.25) is 10.0 Å². The first kappa shape index (κ1) is 14.7. The van der Waals surface area contributed by atoms with E-state index in [1.165, 1.54) is 29.5 Å². The van der Waals surface area contributed by atoms with Crippen molar-refractivity contribution in [3.8, 4) is 6.07 Å². The van der Waals surface area contributed by atoms with Gasteiger partial charge in [-0.3, -0.25) is 0 Å². The molecule has 0 unspecified atom stereocenters.